The molecule has 0 radical (unpaired) electrons. The highest BCUT2D eigenvalue weighted by Gasteiger charge is 2.20. The fraction of sp³-hybridized carbons (Fsp3) is 0.381. The van der Waals surface area contributed by atoms with E-state index in [-0.39, 0.29) is 11.8 Å². The van der Waals surface area contributed by atoms with Crippen LogP contribution in [0.15, 0.2) is 48.5 Å². The summed E-state index contributed by atoms with van der Waals surface area (Å²) in [5.41, 5.74) is 2.99. The van der Waals surface area contributed by atoms with Gasteiger partial charge in [-0.1, -0.05) is 37.5 Å². The van der Waals surface area contributed by atoms with Crippen molar-refractivity contribution in [2.45, 2.75) is 38.6 Å². The molecule has 1 amide bonds. The van der Waals surface area contributed by atoms with E-state index < -0.39 is 0 Å². The lowest BCUT2D eigenvalue weighted by Crippen LogP contribution is -2.24. The molecule has 2 aromatic carbocycles. The van der Waals surface area contributed by atoms with Crippen LogP contribution < -0.4 is 15.4 Å². The van der Waals surface area contributed by atoms with Gasteiger partial charge in [0.2, 0.25) is 5.91 Å². The topological polar surface area (TPSA) is 50.4 Å². The normalized spacial score (nSPS) is 14.8. The second-order valence-electron chi connectivity index (χ2n) is 6.57. The molecule has 4 nitrogen and oxygen atoms in total. The lowest BCUT2D eigenvalue weighted by molar-refractivity contribution is -0.120. The molecule has 132 valence electrons. The summed E-state index contributed by atoms with van der Waals surface area (Å²) in [4.78, 5) is 12.3. The summed E-state index contributed by atoms with van der Waals surface area (Å²) in [6.45, 7) is 0.692. The Labute approximate surface area is 149 Å². The molecule has 2 aromatic rings. The number of ether oxygens (including phenoxy) is 1. The molecule has 0 heterocycles. The fourth-order valence-electron chi connectivity index (χ4n) is 3.33. The van der Waals surface area contributed by atoms with E-state index in [0.29, 0.717) is 6.54 Å². The summed E-state index contributed by atoms with van der Waals surface area (Å²) in [6, 6.07) is 15.9. The third-order valence-electron chi connectivity index (χ3n) is 4.80. The van der Waals surface area contributed by atoms with Crippen LogP contribution in [0.3, 0.4) is 0 Å². The summed E-state index contributed by atoms with van der Waals surface area (Å²) >= 11 is 0. The van der Waals surface area contributed by atoms with Gasteiger partial charge in [0.25, 0.3) is 0 Å². The molecule has 0 spiro atoms. The number of amides is 1. The maximum atomic E-state index is 12.3. The van der Waals surface area contributed by atoms with Gasteiger partial charge in [0.15, 0.2) is 0 Å². The summed E-state index contributed by atoms with van der Waals surface area (Å²) in [5, 5.41) is 6.43. The lowest BCUT2D eigenvalue weighted by atomic mass is 9.88. The summed E-state index contributed by atoms with van der Waals surface area (Å²) in [7, 11) is 1.68. The molecule has 1 fully saturated rings. The Kier molecular flexibility index (Phi) is 5.94. The summed E-state index contributed by atoms with van der Waals surface area (Å²) in [6.07, 6.45) is 5.64. The van der Waals surface area contributed by atoms with Crippen molar-refractivity contribution in [1.82, 2.24) is 0 Å². The van der Waals surface area contributed by atoms with Crippen LogP contribution in [0.25, 0.3) is 0 Å². The molecule has 0 aromatic heterocycles. The van der Waals surface area contributed by atoms with Crippen LogP contribution >= 0.6 is 0 Å². The third kappa shape index (κ3) is 4.75. The number of rotatable bonds is 6. The van der Waals surface area contributed by atoms with E-state index in [4.69, 9.17) is 4.74 Å². The van der Waals surface area contributed by atoms with E-state index >= 15 is 0 Å². The first-order valence-electron chi connectivity index (χ1n) is 9.03. The minimum absolute atomic E-state index is 0.162. The van der Waals surface area contributed by atoms with Crippen LogP contribution in [0, 0.1) is 5.92 Å². The SMILES string of the molecule is COc1ccccc1CNc1ccc(NC(=O)C2CCCCC2)cc1. The first-order chi connectivity index (χ1) is 12.3. The smallest absolute Gasteiger partial charge is 0.227 e. The molecule has 0 atom stereocenters. The standard InChI is InChI=1S/C21H26N2O2/c1-25-20-10-6-5-9-17(20)15-22-18-11-13-19(14-12-18)23-21(24)16-7-3-2-4-8-16/h5-6,9-14,16,22H,2-4,7-8,15H2,1H3,(H,23,24). The van der Waals surface area contributed by atoms with Crippen LogP contribution in [-0.4, -0.2) is 13.0 Å². The van der Waals surface area contributed by atoms with Crippen LogP contribution in [0.1, 0.15) is 37.7 Å². The average Bonchev–Trinajstić information content (AvgIpc) is 2.68. The lowest BCUT2D eigenvalue weighted by Gasteiger charge is -2.20. The molecule has 4 heteroatoms. The Morgan fingerprint density at radius 1 is 1.00 bits per heavy atom. The van der Waals surface area contributed by atoms with E-state index in [1.54, 1.807) is 7.11 Å². The molecule has 25 heavy (non-hydrogen) atoms. The maximum absolute atomic E-state index is 12.3. The van der Waals surface area contributed by atoms with Gasteiger partial charge in [-0.25, -0.2) is 0 Å². The van der Waals surface area contributed by atoms with Gasteiger partial charge >= 0.3 is 0 Å². The van der Waals surface area contributed by atoms with Crippen molar-refractivity contribution in [2.75, 3.05) is 17.7 Å². The molecule has 2 N–H and O–H groups in total. The second-order valence-corrected chi connectivity index (χ2v) is 6.57. The molecule has 1 aliphatic rings. The van der Waals surface area contributed by atoms with Gasteiger partial charge in [0.1, 0.15) is 5.75 Å². The highest BCUT2D eigenvalue weighted by Crippen LogP contribution is 2.25. The Balaban J connectivity index is 1.54. The Morgan fingerprint density at radius 3 is 2.40 bits per heavy atom. The monoisotopic (exact) mass is 338 g/mol. The first-order valence-corrected chi connectivity index (χ1v) is 9.03. The quantitative estimate of drug-likeness (QED) is 0.793. The van der Waals surface area contributed by atoms with Crippen molar-refractivity contribution in [3.05, 3.63) is 54.1 Å². The third-order valence-corrected chi connectivity index (χ3v) is 4.80. The van der Waals surface area contributed by atoms with E-state index in [1.165, 1.54) is 19.3 Å². The van der Waals surface area contributed by atoms with Gasteiger partial charge in [-0.3, -0.25) is 4.79 Å². The average molecular weight is 338 g/mol. The number of carbonyl (C=O) groups is 1. The molecular weight excluding hydrogens is 312 g/mol. The van der Waals surface area contributed by atoms with Crippen molar-refractivity contribution < 1.29 is 9.53 Å². The number of benzene rings is 2. The van der Waals surface area contributed by atoms with E-state index in [0.717, 1.165) is 35.5 Å². The summed E-state index contributed by atoms with van der Waals surface area (Å²) < 4.78 is 5.37. The zero-order chi connectivity index (χ0) is 17.5. The first kappa shape index (κ1) is 17.3. The van der Waals surface area contributed by atoms with Gasteiger partial charge < -0.3 is 15.4 Å². The van der Waals surface area contributed by atoms with Crippen LogP contribution in [0.5, 0.6) is 5.75 Å². The minimum Gasteiger partial charge on any atom is -0.496 e. The molecule has 1 aliphatic carbocycles. The number of nitrogens with one attached hydrogen (secondary N) is 2. The van der Waals surface area contributed by atoms with E-state index in [1.807, 2.05) is 48.5 Å². The largest absolute Gasteiger partial charge is 0.496 e. The van der Waals surface area contributed by atoms with Crippen molar-refractivity contribution in [1.29, 1.82) is 0 Å². The highest BCUT2D eigenvalue weighted by atomic mass is 16.5. The number of hydrogen-bond donors (Lipinski definition) is 2. The molecule has 3 rings (SSSR count). The van der Waals surface area contributed by atoms with E-state index in [2.05, 4.69) is 10.6 Å². The van der Waals surface area contributed by atoms with Gasteiger partial charge in [-0.15, -0.1) is 0 Å². The number of methoxy groups -OCH3 is 1. The fourth-order valence-corrected chi connectivity index (χ4v) is 3.33. The predicted octanol–water partition coefficient (Wildman–Crippen LogP) is 4.83. The molecule has 0 aliphatic heterocycles. The molecule has 0 unspecified atom stereocenters. The van der Waals surface area contributed by atoms with Crippen molar-refractivity contribution in [3.8, 4) is 5.75 Å². The van der Waals surface area contributed by atoms with Crippen LogP contribution in [0.4, 0.5) is 11.4 Å². The van der Waals surface area contributed by atoms with E-state index in [9.17, 15) is 4.79 Å². The number of carbonyl (C=O) groups excluding carboxylic acids is 1. The van der Waals surface area contributed by atoms with Crippen molar-refractivity contribution in [2.24, 2.45) is 5.92 Å². The second kappa shape index (κ2) is 8.56. The number of anilines is 2. The number of para-hydroxylation sites is 1. The maximum Gasteiger partial charge on any atom is 0.227 e. The molecule has 0 saturated heterocycles. The Morgan fingerprint density at radius 2 is 1.68 bits per heavy atom. The predicted molar refractivity (Wildman–Crippen MR) is 102 cm³/mol. The molecule has 0 bridgehead atoms. The van der Waals surface area contributed by atoms with Crippen molar-refractivity contribution >= 4 is 17.3 Å². The van der Waals surface area contributed by atoms with Crippen molar-refractivity contribution in [3.63, 3.8) is 0 Å². The Hall–Kier alpha value is -2.49. The van der Waals surface area contributed by atoms with Crippen LogP contribution in [0.2, 0.25) is 0 Å². The zero-order valence-corrected chi connectivity index (χ0v) is 14.8. The highest BCUT2D eigenvalue weighted by molar-refractivity contribution is 5.92. The molecular formula is C21H26N2O2. The number of hydrogen-bond acceptors (Lipinski definition) is 3. The van der Waals surface area contributed by atoms with Gasteiger partial charge in [0, 0.05) is 29.4 Å². The Bertz CT molecular complexity index is 691. The van der Waals surface area contributed by atoms with Gasteiger partial charge in [-0.2, -0.15) is 0 Å². The van der Waals surface area contributed by atoms with Crippen LogP contribution in [-0.2, 0) is 11.3 Å². The van der Waals surface area contributed by atoms with Gasteiger partial charge in [-0.05, 0) is 43.2 Å². The zero-order valence-electron chi connectivity index (χ0n) is 14.8. The van der Waals surface area contributed by atoms with Gasteiger partial charge in [0.05, 0.1) is 7.11 Å². The minimum atomic E-state index is 0.162. The molecule has 1 saturated carbocycles. The summed E-state index contributed by atoms with van der Waals surface area (Å²) in [5.74, 6) is 1.22.